The van der Waals surface area contributed by atoms with Gasteiger partial charge in [0.05, 0.1) is 35.8 Å². The molecule has 11 nitrogen and oxygen atoms in total. The monoisotopic (exact) mass is 627 g/mol. The summed E-state index contributed by atoms with van der Waals surface area (Å²) < 4.78 is 10.7. The van der Waals surface area contributed by atoms with Gasteiger partial charge in [-0.15, -0.1) is 0 Å². The SMILES string of the molecule is COc1cc(C(=O)N2C[C@H]3CC[C@@H]2[C@@H]3N)cc2nc(-c3cc4cccnc4n3CC3CC3)n(CC3CN(c4cncc(C#N)c4)C3)c12. The number of piperidine rings is 1. The number of imidazole rings is 1. The first-order chi connectivity index (χ1) is 23.0. The Morgan fingerprint density at radius 3 is 2.64 bits per heavy atom. The number of fused-ring (bicyclic) bond motifs is 4. The molecule has 3 atom stereocenters. The summed E-state index contributed by atoms with van der Waals surface area (Å²) in [4.78, 5) is 32.5. The van der Waals surface area contributed by atoms with Crippen molar-refractivity contribution >= 4 is 33.7 Å². The highest BCUT2D eigenvalue weighted by Gasteiger charge is 2.47. The smallest absolute Gasteiger partial charge is 0.254 e. The van der Waals surface area contributed by atoms with Crippen molar-refractivity contribution in [2.24, 2.45) is 23.5 Å². The highest BCUT2D eigenvalue weighted by Crippen LogP contribution is 2.41. The van der Waals surface area contributed by atoms with Crippen molar-refractivity contribution in [3.05, 3.63) is 66.1 Å². The van der Waals surface area contributed by atoms with E-state index in [0.717, 1.165) is 78.3 Å². The number of nitrogens with two attached hydrogens (primary N) is 1. The van der Waals surface area contributed by atoms with E-state index in [1.54, 1.807) is 13.3 Å². The maximum Gasteiger partial charge on any atom is 0.254 e. The van der Waals surface area contributed by atoms with Crippen molar-refractivity contribution in [2.75, 3.05) is 31.6 Å². The van der Waals surface area contributed by atoms with E-state index >= 15 is 0 Å². The summed E-state index contributed by atoms with van der Waals surface area (Å²) >= 11 is 0. The first-order valence-electron chi connectivity index (χ1n) is 16.7. The van der Waals surface area contributed by atoms with Crippen molar-refractivity contribution in [3.8, 4) is 23.3 Å². The molecule has 2 bridgehead atoms. The van der Waals surface area contributed by atoms with E-state index in [1.807, 2.05) is 41.6 Å². The quantitative estimate of drug-likeness (QED) is 0.267. The van der Waals surface area contributed by atoms with E-state index in [4.69, 9.17) is 20.4 Å². The molecule has 2 saturated heterocycles. The largest absolute Gasteiger partial charge is 0.494 e. The minimum Gasteiger partial charge on any atom is -0.494 e. The van der Waals surface area contributed by atoms with Crippen molar-refractivity contribution in [3.63, 3.8) is 0 Å². The highest BCUT2D eigenvalue weighted by molar-refractivity contribution is 6.00. The number of amides is 1. The average Bonchev–Trinajstić information content (AvgIpc) is 3.44. The van der Waals surface area contributed by atoms with E-state index in [1.165, 1.54) is 12.8 Å². The normalized spacial score (nSPS) is 22.3. The summed E-state index contributed by atoms with van der Waals surface area (Å²) in [6.45, 7) is 4.00. The summed E-state index contributed by atoms with van der Waals surface area (Å²) in [5, 5.41) is 10.5. The van der Waals surface area contributed by atoms with Crippen LogP contribution >= 0.6 is 0 Å². The number of pyridine rings is 2. The van der Waals surface area contributed by atoms with Gasteiger partial charge >= 0.3 is 0 Å². The van der Waals surface area contributed by atoms with Crippen LogP contribution in [0, 0.1) is 29.1 Å². The zero-order chi connectivity index (χ0) is 31.8. The van der Waals surface area contributed by atoms with Crippen LogP contribution in [-0.4, -0.2) is 73.7 Å². The predicted molar refractivity (Wildman–Crippen MR) is 178 cm³/mol. The first kappa shape index (κ1) is 28.3. The van der Waals surface area contributed by atoms with Gasteiger partial charge in [0.1, 0.15) is 23.0 Å². The lowest BCUT2D eigenvalue weighted by molar-refractivity contribution is 0.0700. The number of nitriles is 1. The summed E-state index contributed by atoms with van der Waals surface area (Å²) in [6.07, 6.45) is 9.77. The minimum atomic E-state index is -0.00107. The Morgan fingerprint density at radius 2 is 1.89 bits per heavy atom. The van der Waals surface area contributed by atoms with Crippen molar-refractivity contribution in [1.82, 2.24) is 29.0 Å². The van der Waals surface area contributed by atoms with Gasteiger partial charge in [-0.25, -0.2) is 9.97 Å². The molecular formula is C36H37N9O2. The molecule has 6 heterocycles. The van der Waals surface area contributed by atoms with Gasteiger partial charge in [-0.05, 0) is 73.9 Å². The van der Waals surface area contributed by atoms with Crippen LogP contribution in [-0.2, 0) is 13.1 Å². The second-order valence-electron chi connectivity index (χ2n) is 13.8. The molecule has 5 aromatic rings. The van der Waals surface area contributed by atoms with Crippen LogP contribution in [0.5, 0.6) is 5.75 Å². The molecule has 2 saturated carbocycles. The molecule has 1 aromatic carbocycles. The van der Waals surface area contributed by atoms with E-state index in [0.29, 0.717) is 41.2 Å². The van der Waals surface area contributed by atoms with Crippen LogP contribution in [0.3, 0.4) is 0 Å². The summed E-state index contributed by atoms with van der Waals surface area (Å²) in [7, 11) is 1.67. The number of anilines is 1. The first-order valence-corrected chi connectivity index (χ1v) is 16.7. The molecule has 2 aliphatic carbocycles. The molecule has 9 rings (SSSR count). The summed E-state index contributed by atoms with van der Waals surface area (Å²) in [5.41, 5.74) is 12.2. The van der Waals surface area contributed by atoms with Crippen LogP contribution in [0.2, 0.25) is 0 Å². The van der Waals surface area contributed by atoms with E-state index < -0.39 is 0 Å². The number of hydrogen-bond donors (Lipinski definition) is 1. The lowest BCUT2D eigenvalue weighted by Crippen LogP contribution is -2.48. The number of aromatic nitrogens is 5. The van der Waals surface area contributed by atoms with Crippen LogP contribution in [0.15, 0.2) is 55.0 Å². The minimum absolute atomic E-state index is 0.00107. The maximum atomic E-state index is 13.9. The molecule has 238 valence electrons. The van der Waals surface area contributed by atoms with Gasteiger partial charge in [0.15, 0.2) is 5.82 Å². The van der Waals surface area contributed by atoms with Gasteiger partial charge in [-0.1, -0.05) is 0 Å². The topological polar surface area (TPSA) is 131 Å². The Morgan fingerprint density at radius 1 is 1.04 bits per heavy atom. The van der Waals surface area contributed by atoms with Crippen molar-refractivity contribution < 1.29 is 9.53 Å². The number of likely N-dealkylation sites (tertiary alicyclic amines) is 1. The summed E-state index contributed by atoms with van der Waals surface area (Å²) in [5.74, 6) is 2.85. The number of hydrogen-bond acceptors (Lipinski definition) is 8. The number of rotatable bonds is 8. The Balaban J connectivity index is 1.14. The molecule has 0 unspecified atom stereocenters. The third-order valence-electron chi connectivity index (χ3n) is 10.8. The maximum absolute atomic E-state index is 13.9. The molecule has 0 spiro atoms. The number of methoxy groups -OCH3 is 1. The van der Waals surface area contributed by atoms with Crippen LogP contribution in [0.1, 0.15) is 41.6 Å². The number of carbonyl (C=O) groups excluding carboxylic acids is 1. The fourth-order valence-electron chi connectivity index (χ4n) is 8.16. The average molecular weight is 628 g/mol. The highest BCUT2D eigenvalue weighted by atomic mass is 16.5. The van der Waals surface area contributed by atoms with Crippen LogP contribution < -0.4 is 15.4 Å². The zero-order valence-corrected chi connectivity index (χ0v) is 26.4. The van der Waals surface area contributed by atoms with Gasteiger partial charge in [0.25, 0.3) is 5.91 Å². The lowest BCUT2D eigenvalue weighted by atomic mass is 9.98. The van der Waals surface area contributed by atoms with E-state index in [-0.39, 0.29) is 18.0 Å². The molecule has 0 radical (unpaired) electrons. The number of ether oxygens (including phenoxy) is 1. The third kappa shape index (κ3) is 4.65. The molecular weight excluding hydrogens is 590 g/mol. The fourth-order valence-corrected chi connectivity index (χ4v) is 8.16. The van der Waals surface area contributed by atoms with Gasteiger partial charge in [0.2, 0.25) is 0 Å². The number of nitrogens with zero attached hydrogens (tertiary/aromatic N) is 8. The molecule has 2 N–H and O–H groups in total. The standard InChI is InChI=1S/C36H37N9O2/c1-47-31-12-26(36(46)44-20-25-6-7-29(44)32(25)38)10-28-33(31)45(19-23-16-42(17-23)27-9-22(13-37)14-39-15-27)35(41-28)30-11-24-3-2-8-40-34(24)43(30)18-21-4-5-21/h2-3,8-12,14-15,21,23,25,29,32H,4-7,16-20,38H2,1H3/t25-,29-,32-/m1/s1. The van der Waals surface area contributed by atoms with Crippen LogP contribution in [0.4, 0.5) is 5.69 Å². The van der Waals surface area contributed by atoms with E-state index in [2.05, 4.69) is 37.2 Å². The molecule has 47 heavy (non-hydrogen) atoms. The lowest BCUT2D eigenvalue weighted by Gasteiger charge is -2.41. The van der Waals surface area contributed by atoms with E-state index in [9.17, 15) is 10.1 Å². The molecule has 4 aromatic heterocycles. The number of carbonyl (C=O) groups is 1. The molecule has 1 amide bonds. The third-order valence-corrected chi connectivity index (χ3v) is 10.8. The van der Waals surface area contributed by atoms with Gasteiger partial charge in [-0.3, -0.25) is 9.78 Å². The second kappa shape index (κ2) is 10.8. The number of benzene rings is 1. The Bertz CT molecular complexity index is 2080. The Kier molecular flexibility index (Phi) is 6.51. The van der Waals surface area contributed by atoms with Gasteiger partial charge in [-0.2, -0.15) is 5.26 Å². The molecule has 4 aliphatic rings. The molecule has 2 aliphatic heterocycles. The van der Waals surface area contributed by atoms with Gasteiger partial charge in [0, 0.05) is 74.1 Å². The van der Waals surface area contributed by atoms with Crippen molar-refractivity contribution in [1.29, 1.82) is 5.26 Å². The Labute approximate surface area is 272 Å². The predicted octanol–water partition coefficient (Wildman–Crippen LogP) is 4.44. The molecule has 11 heteroatoms. The zero-order valence-electron chi connectivity index (χ0n) is 26.4. The Hall–Kier alpha value is -4.95. The summed E-state index contributed by atoms with van der Waals surface area (Å²) in [6, 6.07) is 14.4. The van der Waals surface area contributed by atoms with Crippen LogP contribution in [0.25, 0.3) is 33.6 Å². The van der Waals surface area contributed by atoms with Crippen molar-refractivity contribution in [2.45, 2.75) is 50.9 Å². The molecule has 4 fully saturated rings. The fraction of sp³-hybridized carbons (Fsp3) is 0.417. The van der Waals surface area contributed by atoms with Gasteiger partial charge < -0.3 is 29.4 Å². The second-order valence-corrected chi connectivity index (χ2v) is 13.8.